The third kappa shape index (κ3) is 3.55. The normalized spacial score (nSPS) is 22.8. The number of ketones is 1. The fraction of sp³-hybridized carbons (Fsp3) is 0.375. The molecule has 1 aliphatic carbocycles. The molecule has 0 amide bonds. The van der Waals surface area contributed by atoms with Gasteiger partial charge in [0.05, 0.1) is 17.0 Å². The number of carbonyl (C=O) groups excluding carboxylic acids is 1. The number of aliphatic imine (C=N–C) groups is 1. The Hall–Kier alpha value is -2.11. The quantitative estimate of drug-likeness (QED) is 0.612. The fourth-order valence-electron chi connectivity index (χ4n) is 2.45. The predicted octanol–water partition coefficient (Wildman–Crippen LogP) is 4.52. The van der Waals surface area contributed by atoms with Crippen LogP contribution >= 0.6 is 0 Å². The molecule has 0 saturated heterocycles. The first kappa shape index (κ1) is 16.3. The number of hydrogen-bond acceptors (Lipinski definition) is 3. The number of alkyl halides is 3. The van der Waals surface area contributed by atoms with Crippen LogP contribution < -0.4 is 0 Å². The van der Waals surface area contributed by atoms with E-state index in [0.717, 1.165) is 0 Å². The second-order valence-corrected chi connectivity index (χ2v) is 6.06. The van der Waals surface area contributed by atoms with Gasteiger partial charge in [-0.05, 0) is 24.0 Å². The molecule has 0 heterocycles. The summed E-state index contributed by atoms with van der Waals surface area (Å²) in [4.78, 5) is 16.3. The van der Waals surface area contributed by atoms with Crippen LogP contribution in [0.1, 0.15) is 26.7 Å². The SMILES string of the molecule is CC1(C)CC(=O)/C(=C(/O)C(F)(F)F)C(=Nc2ccccc2)C1. The Kier molecular flexibility index (Phi) is 4.13. The summed E-state index contributed by atoms with van der Waals surface area (Å²) in [5, 5.41) is 9.45. The molecule has 1 aromatic carbocycles. The summed E-state index contributed by atoms with van der Waals surface area (Å²) in [6, 6.07) is 8.40. The fourth-order valence-corrected chi connectivity index (χ4v) is 2.45. The highest BCUT2D eigenvalue weighted by Gasteiger charge is 2.44. The number of allylic oxidation sites excluding steroid dienone is 2. The maximum absolute atomic E-state index is 12.8. The summed E-state index contributed by atoms with van der Waals surface area (Å²) >= 11 is 0. The van der Waals surface area contributed by atoms with Crippen LogP contribution in [-0.2, 0) is 4.79 Å². The summed E-state index contributed by atoms with van der Waals surface area (Å²) in [6.07, 6.45) is -4.84. The molecule has 0 atom stereocenters. The molecule has 1 aromatic rings. The summed E-state index contributed by atoms with van der Waals surface area (Å²) in [5.41, 5.74) is -0.798. The molecule has 0 spiro atoms. The zero-order chi connectivity index (χ0) is 16.5. The molecule has 1 N–H and O–H groups in total. The van der Waals surface area contributed by atoms with Crippen LogP contribution in [0, 0.1) is 5.41 Å². The van der Waals surface area contributed by atoms with Crippen molar-refractivity contribution in [2.45, 2.75) is 32.9 Å². The monoisotopic (exact) mass is 311 g/mol. The lowest BCUT2D eigenvalue weighted by Crippen LogP contribution is -2.34. The Morgan fingerprint density at radius 1 is 1.18 bits per heavy atom. The minimum Gasteiger partial charge on any atom is -0.504 e. The molecule has 6 heteroatoms. The van der Waals surface area contributed by atoms with Crippen molar-refractivity contribution in [3.8, 4) is 0 Å². The molecule has 3 nitrogen and oxygen atoms in total. The van der Waals surface area contributed by atoms with Gasteiger partial charge in [-0.25, -0.2) is 0 Å². The molecule has 22 heavy (non-hydrogen) atoms. The first-order valence-electron chi connectivity index (χ1n) is 6.77. The van der Waals surface area contributed by atoms with Crippen LogP contribution in [0.15, 0.2) is 46.7 Å². The topological polar surface area (TPSA) is 49.7 Å². The summed E-state index contributed by atoms with van der Waals surface area (Å²) in [7, 11) is 0. The first-order valence-corrected chi connectivity index (χ1v) is 6.77. The molecule has 1 fully saturated rings. The van der Waals surface area contributed by atoms with E-state index in [1.807, 2.05) is 0 Å². The van der Waals surface area contributed by atoms with Gasteiger partial charge in [0.1, 0.15) is 0 Å². The van der Waals surface area contributed by atoms with Crippen molar-refractivity contribution in [2.24, 2.45) is 10.4 Å². The lowest BCUT2D eigenvalue weighted by Gasteiger charge is -2.31. The lowest BCUT2D eigenvalue weighted by molar-refractivity contribution is -0.127. The summed E-state index contributed by atoms with van der Waals surface area (Å²) in [6.45, 7) is 3.57. The number of hydrogen-bond donors (Lipinski definition) is 1. The zero-order valence-corrected chi connectivity index (χ0v) is 12.2. The third-order valence-electron chi connectivity index (χ3n) is 3.38. The highest BCUT2D eigenvalue weighted by atomic mass is 19.4. The van der Waals surface area contributed by atoms with Gasteiger partial charge in [-0.1, -0.05) is 32.0 Å². The van der Waals surface area contributed by atoms with Gasteiger partial charge < -0.3 is 5.11 Å². The van der Waals surface area contributed by atoms with E-state index >= 15 is 0 Å². The van der Waals surface area contributed by atoms with E-state index in [4.69, 9.17) is 0 Å². The zero-order valence-electron chi connectivity index (χ0n) is 12.2. The molecular formula is C16H16F3NO2. The predicted molar refractivity (Wildman–Crippen MR) is 77.3 cm³/mol. The van der Waals surface area contributed by atoms with Crippen molar-refractivity contribution in [1.29, 1.82) is 0 Å². The number of para-hydroxylation sites is 1. The number of carbonyl (C=O) groups is 1. The Balaban J connectivity index is 2.58. The number of benzene rings is 1. The van der Waals surface area contributed by atoms with Gasteiger partial charge in [-0.3, -0.25) is 9.79 Å². The Morgan fingerprint density at radius 3 is 2.32 bits per heavy atom. The molecule has 0 aliphatic heterocycles. The van der Waals surface area contributed by atoms with E-state index < -0.39 is 28.7 Å². The van der Waals surface area contributed by atoms with Gasteiger partial charge >= 0.3 is 6.18 Å². The third-order valence-corrected chi connectivity index (χ3v) is 3.38. The number of aliphatic hydroxyl groups excluding tert-OH is 1. The van der Waals surface area contributed by atoms with Crippen molar-refractivity contribution in [3.63, 3.8) is 0 Å². The number of Topliss-reactive ketones (excluding diaryl/α,β-unsaturated/α-hetero) is 1. The minimum atomic E-state index is -4.97. The minimum absolute atomic E-state index is 0.0257. The number of halogens is 3. The first-order chi connectivity index (χ1) is 10.1. The highest BCUT2D eigenvalue weighted by Crippen LogP contribution is 2.38. The smallest absolute Gasteiger partial charge is 0.449 e. The van der Waals surface area contributed by atoms with Crippen LogP contribution in [0.5, 0.6) is 0 Å². The van der Waals surface area contributed by atoms with Gasteiger partial charge in [-0.2, -0.15) is 13.2 Å². The van der Waals surface area contributed by atoms with Crippen molar-refractivity contribution in [3.05, 3.63) is 41.7 Å². The van der Waals surface area contributed by atoms with Crippen LogP contribution in [0.3, 0.4) is 0 Å². The van der Waals surface area contributed by atoms with Gasteiger partial charge in [0.15, 0.2) is 5.78 Å². The molecule has 0 bridgehead atoms. The number of aliphatic hydroxyl groups is 1. The summed E-state index contributed by atoms with van der Waals surface area (Å²) < 4.78 is 38.4. The van der Waals surface area contributed by atoms with E-state index in [0.29, 0.717) is 5.69 Å². The Morgan fingerprint density at radius 2 is 1.77 bits per heavy atom. The van der Waals surface area contributed by atoms with Crippen LogP contribution in [0.2, 0.25) is 0 Å². The Bertz CT molecular complexity index is 643. The van der Waals surface area contributed by atoms with E-state index in [-0.39, 0.29) is 18.6 Å². The maximum Gasteiger partial charge on any atom is 0.449 e. The largest absolute Gasteiger partial charge is 0.504 e. The van der Waals surface area contributed by atoms with Gasteiger partial charge in [0, 0.05) is 6.42 Å². The van der Waals surface area contributed by atoms with Crippen molar-refractivity contribution in [2.75, 3.05) is 0 Å². The lowest BCUT2D eigenvalue weighted by atomic mass is 9.73. The van der Waals surface area contributed by atoms with Crippen molar-refractivity contribution >= 4 is 17.2 Å². The number of nitrogens with zero attached hydrogens (tertiary/aromatic N) is 1. The average molecular weight is 311 g/mol. The molecule has 0 unspecified atom stereocenters. The van der Waals surface area contributed by atoms with E-state index in [9.17, 15) is 23.1 Å². The van der Waals surface area contributed by atoms with Crippen molar-refractivity contribution < 1.29 is 23.1 Å². The molecular weight excluding hydrogens is 295 g/mol. The second-order valence-electron chi connectivity index (χ2n) is 6.06. The van der Waals surface area contributed by atoms with Gasteiger partial charge in [0.2, 0.25) is 5.76 Å². The van der Waals surface area contributed by atoms with Crippen LogP contribution in [0.25, 0.3) is 0 Å². The molecule has 0 radical (unpaired) electrons. The standard InChI is InChI=1S/C16H16F3NO2/c1-15(2)8-11(20-10-6-4-3-5-7-10)13(12(21)9-15)14(22)16(17,18)19/h3-7,22H,8-9H2,1-2H3/b14-13+,20-11?. The summed E-state index contributed by atoms with van der Waals surface area (Å²) in [5.74, 6) is -2.59. The molecule has 2 rings (SSSR count). The Labute approximate surface area is 126 Å². The molecule has 1 saturated carbocycles. The van der Waals surface area contributed by atoms with E-state index in [1.54, 1.807) is 44.2 Å². The highest BCUT2D eigenvalue weighted by molar-refractivity contribution is 6.25. The van der Waals surface area contributed by atoms with Gasteiger partial charge in [0.25, 0.3) is 0 Å². The van der Waals surface area contributed by atoms with Gasteiger partial charge in [-0.15, -0.1) is 0 Å². The second kappa shape index (κ2) is 5.59. The number of rotatable bonds is 1. The van der Waals surface area contributed by atoms with Crippen molar-refractivity contribution in [1.82, 2.24) is 0 Å². The maximum atomic E-state index is 12.8. The molecule has 1 aliphatic rings. The van der Waals surface area contributed by atoms with Crippen LogP contribution in [-0.4, -0.2) is 22.8 Å². The van der Waals surface area contributed by atoms with E-state index in [1.165, 1.54) is 0 Å². The average Bonchev–Trinajstić information content (AvgIpc) is 2.36. The van der Waals surface area contributed by atoms with E-state index in [2.05, 4.69) is 4.99 Å². The molecule has 118 valence electrons. The van der Waals surface area contributed by atoms with Crippen LogP contribution in [0.4, 0.5) is 18.9 Å². The molecule has 0 aromatic heterocycles.